The van der Waals surface area contributed by atoms with Crippen molar-refractivity contribution in [2.45, 2.75) is 13.0 Å². The molecule has 0 bridgehead atoms. The van der Waals surface area contributed by atoms with Crippen molar-refractivity contribution in [2.75, 3.05) is 13.7 Å². The van der Waals surface area contributed by atoms with Crippen LogP contribution in [0.25, 0.3) is 0 Å². The van der Waals surface area contributed by atoms with E-state index in [2.05, 4.69) is 5.32 Å². The van der Waals surface area contributed by atoms with Gasteiger partial charge in [0.1, 0.15) is 5.82 Å². The number of carboxylic acid groups (broad SMARTS) is 1. The lowest BCUT2D eigenvalue weighted by atomic mass is 10.1. The molecule has 0 spiro atoms. The molecule has 0 aliphatic rings. The zero-order chi connectivity index (χ0) is 15.3. The van der Waals surface area contributed by atoms with E-state index < -0.39 is 29.7 Å². The zero-order valence-corrected chi connectivity index (χ0v) is 11.8. The highest BCUT2D eigenvalue weighted by Crippen LogP contribution is 2.21. The molecule has 0 aliphatic carbocycles. The second kappa shape index (κ2) is 7.21. The van der Waals surface area contributed by atoms with Crippen molar-refractivity contribution in [1.82, 2.24) is 5.32 Å². The summed E-state index contributed by atoms with van der Waals surface area (Å²) in [5.74, 6) is -3.03. The SMILES string of the molecule is COCC(C)C(=O)NC(C(=O)O)c1ccc(Cl)c(F)c1. The molecule has 0 aliphatic heterocycles. The van der Waals surface area contributed by atoms with Gasteiger partial charge in [0.05, 0.1) is 17.5 Å². The summed E-state index contributed by atoms with van der Waals surface area (Å²) < 4.78 is 18.2. The lowest BCUT2D eigenvalue weighted by molar-refractivity contribution is -0.142. The third-order valence-electron chi connectivity index (χ3n) is 2.67. The van der Waals surface area contributed by atoms with Gasteiger partial charge in [0.15, 0.2) is 6.04 Å². The molecule has 0 fully saturated rings. The lowest BCUT2D eigenvalue weighted by Crippen LogP contribution is -2.38. The van der Waals surface area contributed by atoms with Crippen LogP contribution in [-0.4, -0.2) is 30.7 Å². The van der Waals surface area contributed by atoms with E-state index in [1.54, 1.807) is 6.92 Å². The molecule has 110 valence electrons. The number of ether oxygens (including phenoxy) is 1. The summed E-state index contributed by atoms with van der Waals surface area (Å²) in [7, 11) is 1.44. The van der Waals surface area contributed by atoms with Crippen LogP contribution in [0.3, 0.4) is 0 Å². The number of halogens is 2. The van der Waals surface area contributed by atoms with Gasteiger partial charge in [-0.1, -0.05) is 24.6 Å². The summed E-state index contributed by atoms with van der Waals surface area (Å²) in [4.78, 5) is 23.0. The first-order valence-electron chi connectivity index (χ1n) is 5.84. The van der Waals surface area contributed by atoms with Gasteiger partial charge >= 0.3 is 5.97 Å². The molecule has 1 amide bonds. The number of carboxylic acids is 1. The van der Waals surface area contributed by atoms with Crippen molar-refractivity contribution < 1.29 is 23.8 Å². The Hall–Kier alpha value is -1.66. The second-order valence-electron chi connectivity index (χ2n) is 4.31. The average molecular weight is 304 g/mol. The number of rotatable bonds is 6. The van der Waals surface area contributed by atoms with E-state index in [9.17, 15) is 14.0 Å². The van der Waals surface area contributed by atoms with E-state index in [4.69, 9.17) is 21.4 Å². The number of carbonyl (C=O) groups is 2. The maximum Gasteiger partial charge on any atom is 0.330 e. The van der Waals surface area contributed by atoms with Gasteiger partial charge in [0.2, 0.25) is 5.91 Å². The topological polar surface area (TPSA) is 75.6 Å². The number of benzene rings is 1. The molecule has 0 radical (unpaired) electrons. The Bertz CT molecular complexity index is 509. The van der Waals surface area contributed by atoms with Crippen LogP contribution in [-0.2, 0) is 14.3 Å². The van der Waals surface area contributed by atoms with Crippen LogP contribution >= 0.6 is 11.6 Å². The van der Waals surface area contributed by atoms with Crippen LogP contribution < -0.4 is 5.32 Å². The molecule has 2 unspecified atom stereocenters. The molecule has 0 saturated carbocycles. The molecule has 5 nitrogen and oxygen atoms in total. The van der Waals surface area contributed by atoms with Crippen LogP contribution in [0.15, 0.2) is 18.2 Å². The molecular formula is C13H15ClFNO4. The second-order valence-corrected chi connectivity index (χ2v) is 4.72. The van der Waals surface area contributed by atoms with Crippen LogP contribution in [0.2, 0.25) is 5.02 Å². The Kier molecular flexibility index (Phi) is 5.91. The predicted octanol–water partition coefficient (Wildman–Crippen LogP) is 2.00. The van der Waals surface area contributed by atoms with E-state index in [-0.39, 0.29) is 17.2 Å². The van der Waals surface area contributed by atoms with Crippen LogP contribution in [0.5, 0.6) is 0 Å². The Balaban J connectivity index is 2.92. The summed E-state index contributed by atoms with van der Waals surface area (Å²) in [6.07, 6.45) is 0. The average Bonchev–Trinajstić information content (AvgIpc) is 2.39. The van der Waals surface area contributed by atoms with E-state index in [1.165, 1.54) is 19.2 Å². The number of aliphatic carboxylic acids is 1. The van der Waals surface area contributed by atoms with E-state index in [1.807, 2.05) is 0 Å². The van der Waals surface area contributed by atoms with Gasteiger partial charge in [0, 0.05) is 7.11 Å². The molecule has 20 heavy (non-hydrogen) atoms. The van der Waals surface area contributed by atoms with Crippen LogP contribution in [0.1, 0.15) is 18.5 Å². The summed E-state index contributed by atoms with van der Waals surface area (Å²) in [5.41, 5.74) is 0.109. The molecule has 0 saturated heterocycles. The van der Waals surface area contributed by atoms with E-state index in [0.717, 1.165) is 6.07 Å². The third-order valence-corrected chi connectivity index (χ3v) is 2.98. The lowest BCUT2D eigenvalue weighted by Gasteiger charge is -2.18. The number of carbonyl (C=O) groups excluding carboxylic acids is 1. The van der Waals surface area contributed by atoms with Crippen LogP contribution in [0, 0.1) is 11.7 Å². The first-order chi connectivity index (χ1) is 9.36. The first-order valence-corrected chi connectivity index (χ1v) is 6.21. The highest BCUT2D eigenvalue weighted by molar-refractivity contribution is 6.30. The van der Waals surface area contributed by atoms with Gasteiger partial charge in [-0.2, -0.15) is 0 Å². The number of hydrogen-bond donors (Lipinski definition) is 2. The number of hydrogen-bond acceptors (Lipinski definition) is 3. The standard InChI is InChI=1S/C13H15ClFNO4/c1-7(6-20-2)12(17)16-11(13(18)19)8-3-4-9(14)10(15)5-8/h3-5,7,11H,6H2,1-2H3,(H,16,17)(H,18,19). The molecule has 1 rings (SSSR count). The third kappa shape index (κ3) is 4.18. The minimum absolute atomic E-state index is 0.109. The summed E-state index contributed by atoms with van der Waals surface area (Å²) in [6.45, 7) is 1.76. The van der Waals surface area contributed by atoms with Gasteiger partial charge in [0.25, 0.3) is 0 Å². The van der Waals surface area contributed by atoms with Crippen molar-refractivity contribution in [3.8, 4) is 0 Å². The zero-order valence-electron chi connectivity index (χ0n) is 11.0. The molecular weight excluding hydrogens is 289 g/mol. The fourth-order valence-corrected chi connectivity index (χ4v) is 1.71. The predicted molar refractivity (Wildman–Crippen MR) is 71.0 cm³/mol. The maximum atomic E-state index is 13.4. The summed E-state index contributed by atoms with van der Waals surface area (Å²) in [5, 5.41) is 11.4. The Morgan fingerprint density at radius 1 is 1.50 bits per heavy atom. The fraction of sp³-hybridized carbons (Fsp3) is 0.385. The fourth-order valence-electron chi connectivity index (χ4n) is 1.59. The molecule has 0 heterocycles. The van der Waals surface area contributed by atoms with Crippen LogP contribution in [0.4, 0.5) is 4.39 Å². The Morgan fingerprint density at radius 3 is 2.65 bits per heavy atom. The minimum Gasteiger partial charge on any atom is -0.479 e. The summed E-state index contributed by atoms with van der Waals surface area (Å²) >= 11 is 5.54. The first kappa shape index (κ1) is 16.4. The Morgan fingerprint density at radius 2 is 2.15 bits per heavy atom. The van der Waals surface area contributed by atoms with Gasteiger partial charge < -0.3 is 15.2 Å². The highest BCUT2D eigenvalue weighted by Gasteiger charge is 2.25. The number of methoxy groups -OCH3 is 1. The summed E-state index contributed by atoms with van der Waals surface area (Å²) in [6, 6.07) is 2.24. The van der Waals surface area contributed by atoms with Crippen molar-refractivity contribution >= 4 is 23.5 Å². The number of amides is 1. The normalized spacial score (nSPS) is 13.6. The maximum absolute atomic E-state index is 13.4. The van der Waals surface area contributed by atoms with Crippen molar-refractivity contribution in [3.63, 3.8) is 0 Å². The largest absolute Gasteiger partial charge is 0.479 e. The molecule has 0 aromatic heterocycles. The van der Waals surface area contributed by atoms with Gasteiger partial charge in [-0.15, -0.1) is 0 Å². The van der Waals surface area contributed by atoms with Gasteiger partial charge in [-0.3, -0.25) is 4.79 Å². The number of nitrogens with one attached hydrogen (secondary N) is 1. The molecule has 1 aromatic rings. The smallest absolute Gasteiger partial charge is 0.330 e. The monoisotopic (exact) mass is 303 g/mol. The van der Waals surface area contributed by atoms with E-state index in [0.29, 0.717) is 0 Å². The minimum atomic E-state index is -1.34. The van der Waals surface area contributed by atoms with Crippen molar-refractivity contribution in [2.24, 2.45) is 5.92 Å². The van der Waals surface area contributed by atoms with E-state index >= 15 is 0 Å². The molecule has 2 N–H and O–H groups in total. The highest BCUT2D eigenvalue weighted by atomic mass is 35.5. The van der Waals surface area contributed by atoms with Gasteiger partial charge in [-0.05, 0) is 17.7 Å². The van der Waals surface area contributed by atoms with Crippen molar-refractivity contribution in [1.29, 1.82) is 0 Å². The molecule has 1 aromatic carbocycles. The van der Waals surface area contributed by atoms with Gasteiger partial charge in [-0.25, -0.2) is 9.18 Å². The molecule has 7 heteroatoms. The molecule has 2 atom stereocenters. The Labute approximate surface area is 120 Å². The van der Waals surface area contributed by atoms with Crippen molar-refractivity contribution in [3.05, 3.63) is 34.6 Å². The quantitative estimate of drug-likeness (QED) is 0.843.